The molecule has 1 N–H and O–H groups in total. The third kappa shape index (κ3) is 3.05. The lowest BCUT2D eigenvalue weighted by Gasteiger charge is -2.01. The SMILES string of the molecule is CCC(O)Cc1nc(-c2cccc(Cl)c2)no1. The van der Waals surface area contributed by atoms with Gasteiger partial charge in [0, 0.05) is 10.6 Å². The Kier molecular flexibility index (Phi) is 3.76. The van der Waals surface area contributed by atoms with E-state index in [4.69, 9.17) is 16.1 Å². The zero-order chi connectivity index (χ0) is 12.3. The lowest BCUT2D eigenvalue weighted by Crippen LogP contribution is -2.08. The van der Waals surface area contributed by atoms with Crippen molar-refractivity contribution in [1.82, 2.24) is 10.1 Å². The highest BCUT2D eigenvalue weighted by molar-refractivity contribution is 6.30. The van der Waals surface area contributed by atoms with Crippen LogP contribution in [0.2, 0.25) is 5.02 Å². The molecule has 0 aliphatic carbocycles. The van der Waals surface area contributed by atoms with Crippen molar-refractivity contribution in [2.24, 2.45) is 0 Å². The average Bonchev–Trinajstić information content (AvgIpc) is 2.77. The van der Waals surface area contributed by atoms with E-state index in [-0.39, 0.29) is 0 Å². The van der Waals surface area contributed by atoms with Gasteiger partial charge in [-0.1, -0.05) is 35.8 Å². The number of rotatable bonds is 4. The average molecular weight is 253 g/mol. The molecule has 0 aliphatic heterocycles. The number of halogens is 1. The lowest BCUT2D eigenvalue weighted by atomic mass is 10.2. The maximum absolute atomic E-state index is 9.49. The summed E-state index contributed by atoms with van der Waals surface area (Å²) in [6.45, 7) is 1.90. The molecular formula is C12H13ClN2O2. The Labute approximate surface area is 104 Å². The molecule has 17 heavy (non-hydrogen) atoms. The highest BCUT2D eigenvalue weighted by Gasteiger charge is 2.12. The Bertz CT molecular complexity index is 499. The van der Waals surface area contributed by atoms with E-state index >= 15 is 0 Å². The van der Waals surface area contributed by atoms with Crippen LogP contribution in [0.15, 0.2) is 28.8 Å². The molecule has 0 saturated heterocycles. The largest absolute Gasteiger partial charge is 0.393 e. The van der Waals surface area contributed by atoms with Gasteiger partial charge in [0.05, 0.1) is 12.5 Å². The molecule has 0 aliphatic rings. The van der Waals surface area contributed by atoms with Crippen molar-refractivity contribution >= 4 is 11.6 Å². The number of aliphatic hydroxyl groups is 1. The molecule has 0 radical (unpaired) electrons. The van der Waals surface area contributed by atoms with E-state index in [1.54, 1.807) is 12.1 Å². The molecule has 1 heterocycles. The van der Waals surface area contributed by atoms with E-state index in [0.717, 1.165) is 5.56 Å². The van der Waals surface area contributed by atoms with Crippen molar-refractivity contribution in [2.75, 3.05) is 0 Å². The summed E-state index contributed by atoms with van der Waals surface area (Å²) in [5, 5.41) is 14.0. The minimum atomic E-state index is -0.442. The number of nitrogens with zero attached hydrogens (tertiary/aromatic N) is 2. The second-order valence-electron chi connectivity index (χ2n) is 3.79. The number of benzene rings is 1. The Morgan fingerprint density at radius 1 is 1.47 bits per heavy atom. The van der Waals surface area contributed by atoms with E-state index in [2.05, 4.69) is 10.1 Å². The zero-order valence-electron chi connectivity index (χ0n) is 9.43. The minimum Gasteiger partial charge on any atom is -0.393 e. The maximum atomic E-state index is 9.49. The predicted molar refractivity (Wildman–Crippen MR) is 64.7 cm³/mol. The molecule has 1 aromatic heterocycles. The topological polar surface area (TPSA) is 59.2 Å². The van der Waals surface area contributed by atoms with Gasteiger partial charge in [0.15, 0.2) is 0 Å². The highest BCUT2D eigenvalue weighted by Crippen LogP contribution is 2.20. The first-order valence-corrected chi connectivity index (χ1v) is 5.83. The summed E-state index contributed by atoms with van der Waals surface area (Å²) in [6.07, 6.45) is 0.599. The molecule has 1 atom stereocenters. The van der Waals surface area contributed by atoms with Gasteiger partial charge in [0.25, 0.3) is 0 Å². The molecule has 0 bridgehead atoms. The quantitative estimate of drug-likeness (QED) is 0.909. The van der Waals surface area contributed by atoms with Crippen LogP contribution < -0.4 is 0 Å². The third-order valence-electron chi connectivity index (χ3n) is 2.43. The van der Waals surface area contributed by atoms with Gasteiger partial charge in [-0.05, 0) is 18.6 Å². The van der Waals surface area contributed by atoms with E-state index in [1.807, 2.05) is 19.1 Å². The highest BCUT2D eigenvalue weighted by atomic mass is 35.5. The monoisotopic (exact) mass is 252 g/mol. The van der Waals surface area contributed by atoms with Crippen molar-refractivity contribution in [3.63, 3.8) is 0 Å². The van der Waals surface area contributed by atoms with Crippen LogP contribution in [-0.2, 0) is 6.42 Å². The second kappa shape index (κ2) is 5.29. The summed E-state index contributed by atoms with van der Waals surface area (Å²) in [7, 11) is 0. The van der Waals surface area contributed by atoms with Gasteiger partial charge >= 0.3 is 0 Å². The fraction of sp³-hybridized carbons (Fsp3) is 0.333. The molecule has 0 spiro atoms. The first-order valence-electron chi connectivity index (χ1n) is 5.45. The zero-order valence-corrected chi connectivity index (χ0v) is 10.2. The molecule has 2 rings (SSSR count). The van der Waals surface area contributed by atoms with Crippen LogP contribution >= 0.6 is 11.6 Å². The van der Waals surface area contributed by atoms with Crippen molar-refractivity contribution in [3.05, 3.63) is 35.2 Å². The number of aliphatic hydroxyl groups excluding tert-OH is 1. The summed E-state index contributed by atoms with van der Waals surface area (Å²) in [6, 6.07) is 7.24. The van der Waals surface area contributed by atoms with E-state index in [1.165, 1.54) is 0 Å². The molecule has 1 unspecified atom stereocenters. The number of aromatic nitrogens is 2. The Morgan fingerprint density at radius 2 is 2.29 bits per heavy atom. The third-order valence-corrected chi connectivity index (χ3v) is 2.67. The van der Waals surface area contributed by atoms with Gasteiger partial charge in [-0.25, -0.2) is 0 Å². The molecule has 0 amide bonds. The predicted octanol–water partition coefficient (Wildman–Crippen LogP) is 2.70. The fourth-order valence-electron chi connectivity index (χ4n) is 1.43. The van der Waals surface area contributed by atoms with E-state index < -0.39 is 6.10 Å². The summed E-state index contributed by atoms with van der Waals surface area (Å²) >= 11 is 5.88. The molecule has 0 saturated carbocycles. The molecule has 4 nitrogen and oxygen atoms in total. The summed E-state index contributed by atoms with van der Waals surface area (Å²) in [5.41, 5.74) is 0.804. The van der Waals surface area contributed by atoms with Crippen molar-refractivity contribution in [2.45, 2.75) is 25.9 Å². The first kappa shape index (κ1) is 12.1. The smallest absolute Gasteiger partial charge is 0.229 e. The van der Waals surface area contributed by atoms with Gasteiger partial charge in [0.1, 0.15) is 0 Å². The normalized spacial score (nSPS) is 12.6. The van der Waals surface area contributed by atoms with Crippen LogP contribution in [0.25, 0.3) is 11.4 Å². The van der Waals surface area contributed by atoms with Crippen LogP contribution in [0.1, 0.15) is 19.2 Å². The Balaban J connectivity index is 2.18. The molecule has 0 fully saturated rings. The fourth-order valence-corrected chi connectivity index (χ4v) is 1.62. The molecular weight excluding hydrogens is 240 g/mol. The molecule has 1 aromatic carbocycles. The Hall–Kier alpha value is -1.39. The van der Waals surface area contributed by atoms with Crippen molar-refractivity contribution in [3.8, 4) is 11.4 Å². The summed E-state index contributed by atoms with van der Waals surface area (Å²) in [4.78, 5) is 4.21. The van der Waals surface area contributed by atoms with Gasteiger partial charge in [-0.15, -0.1) is 0 Å². The number of hydrogen-bond acceptors (Lipinski definition) is 4. The van der Waals surface area contributed by atoms with Gasteiger partial charge in [-0.3, -0.25) is 0 Å². The van der Waals surface area contributed by atoms with Crippen LogP contribution in [0, 0.1) is 0 Å². The summed E-state index contributed by atoms with van der Waals surface area (Å²) < 4.78 is 5.07. The van der Waals surface area contributed by atoms with Crippen molar-refractivity contribution < 1.29 is 9.63 Å². The van der Waals surface area contributed by atoms with Crippen LogP contribution in [-0.4, -0.2) is 21.4 Å². The standard InChI is InChI=1S/C12H13ClN2O2/c1-2-10(16)7-11-14-12(15-17-11)8-4-3-5-9(13)6-8/h3-6,10,16H,2,7H2,1H3. The maximum Gasteiger partial charge on any atom is 0.229 e. The lowest BCUT2D eigenvalue weighted by molar-refractivity contribution is 0.158. The minimum absolute atomic E-state index is 0.379. The molecule has 2 aromatic rings. The van der Waals surface area contributed by atoms with Crippen LogP contribution in [0.5, 0.6) is 0 Å². The van der Waals surface area contributed by atoms with E-state index in [9.17, 15) is 5.11 Å². The van der Waals surface area contributed by atoms with Gasteiger partial charge in [0.2, 0.25) is 11.7 Å². The molecule has 5 heteroatoms. The van der Waals surface area contributed by atoms with Gasteiger partial charge < -0.3 is 9.63 Å². The van der Waals surface area contributed by atoms with Crippen molar-refractivity contribution in [1.29, 1.82) is 0 Å². The summed E-state index contributed by atoms with van der Waals surface area (Å²) in [5.74, 6) is 0.931. The van der Waals surface area contributed by atoms with E-state index in [0.29, 0.717) is 29.6 Å². The first-order chi connectivity index (χ1) is 8.19. The second-order valence-corrected chi connectivity index (χ2v) is 4.22. The Morgan fingerprint density at radius 3 is 3.00 bits per heavy atom. The van der Waals surface area contributed by atoms with Crippen LogP contribution in [0.3, 0.4) is 0 Å². The molecule has 90 valence electrons. The van der Waals surface area contributed by atoms with Gasteiger partial charge in [-0.2, -0.15) is 4.98 Å². The number of hydrogen-bond donors (Lipinski definition) is 1. The van der Waals surface area contributed by atoms with Crippen LogP contribution in [0.4, 0.5) is 0 Å².